The third-order valence-electron chi connectivity index (χ3n) is 3.64. The van der Waals surface area contributed by atoms with Crippen LogP contribution in [-0.4, -0.2) is 21.2 Å². The third-order valence-corrected chi connectivity index (χ3v) is 5.51. The van der Waals surface area contributed by atoms with Crippen LogP contribution in [0.5, 0.6) is 0 Å². The second-order valence-corrected chi connectivity index (χ2v) is 7.34. The molecule has 1 amide bonds. The zero-order chi connectivity index (χ0) is 17.6. The molecule has 3 aromatic heterocycles. The van der Waals surface area contributed by atoms with Gasteiger partial charge in [0.15, 0.2) is 5.16 Å². The predicted molar refractivity (Wildman–Crippen MR) is 100 cm³/mol. The Labute approximate surface area is 153 Å². The molecule has 0 aliphatic carbocycles. The number of thioether (sulfide) groups is 1. The maximum absolute atomic E-state index is 12.6. The Kier molecular flexibility index (Phi) is 5.93. The highest BCUT2D eigenvalue weighted by atomic mass is 32.2. The number of rotatable bonds is 8. The lowest BCUT2D eigenvalue weighted by Gasteiger charge is -2.11. The summed E-state index contributed by atoms with van der Waals surface area (Å²) in [5.41, 5.74) is 0.674. The average molecular weight is 377 g/mol. The standard InChI is InChI=1S/C17H19N3O3S2/c1-2-3-7-20-16(22)15-13(6-9-24-15)19-17(20)25-11-14(21)18-10-12-5-4-8-23-12/h4-6,8-9H,2-3,7,10-11H2,1H3,(H,18,21). The summed E-state index contributed by atoms with van der Waals surface area (Å²) in [6.07, 6.45) is 3.46. The maximum Gasteiger partial charge on any atom is 0.272 e. The van der Waals surface area contributed by atoms with E-state index < -0.39 is 0 Å². The summed E-state index contributed by atoms with van der Waals surface area (Å²) < 4.78 is 7.54. The molecule has 1 N–H and O–H groups in total. The molecular weight excluding hydrogens is 358 g/mol. The Balaban J connectivity index is 1.70. The van der Waals surface area contributed by atoms with Crippen molar-refractivity contribution in [3.63, 3.8) is 0 Å². The monoisotopic (exact) mass is 377 g/mol. The van der Waals surface area contributed by atoms with Gasteiger partial charge in [0.1, 0.15) is 10.5 Å². The van der Waals surface area contributed by atoms with Gasteiger partial charge in [-0.2, -0.15) is 0 Å². The Hall–Kier alpha value is -2.06. The summed E-state index contributed by atoms with van der Waals surface area (Å²) >= 11 is 2.70. The van der Waals surface area contributed by atoms with Crippen molar-refractivity contribution in [2.24, 2.45) is 0 Å². The molecule has 6 nitrogen and oxygen atoms in total. The SMILES string of the molecule is CCCCn1c(SCC(=O)NCc2ccco2)nc2ccsc2c1=O. The lowest BCUT2D eigenvalue weighted by Crippen LogP contribution is -2.26. The largest absolute Gasteiger partial charge is 0.467 e. The van der Waals surface area contributed by atoms with Crippen molar-refractivity contribution in [1.82, 2.24) is 14.9 Å². The first-order chi connectivity index (χ1) is 12.2. The highest BCUT2D eigenvalue weighted by molar-refractivity contribution is 7.99. The van der Waals surface area contributed by atoms with Crippen LogP contribution in [0.3, 0.4) is 0 Å². The molecule has 3 heterocycles. The van der Waals surface area contributed by atoms with Crippen molar-refractivity contribution in [3.05, 3.63) is 46.0 Å². The molecule has 3 rings (SSSR count). The number of furan rings is 1. The number of amides is 1. The number of hydrogen-bond donors (Lipinski definition) is 1. The number of aromatic nitrogens is 2. The first kappa shape index (κ1) is 17.8. The fourth-order valence-electron chi connectivity index (χ4n) is 2.33. The van der Waals surface area contributed by atoms with Crippen molar-refractivity contribution in [2.45, 2.75) is 38.0 Å². The molecule has 0 aromatic carbocycles. The van der Waals surface area contributed by atoms with Crippen LogP contribution < -0.4 is 10.9 Å². The number of unbranched alkanes of at least 4 members (excludes halogenated alkanes) is 1. The Morgan fingerprint density at radius 2 is 2.32 bits per heavy atom. The minimum Gasteiger partial charge on any atom is -0.467 e. The van der Waals surface area contributed by atoms with Crippen LogP contribution in [0.2, 0.25) is 0 Å². The van der Waals surface area contributed by atoms with Gasteiger partial charge in [-0.25, -0.2) is 4.98 Å². The molecule has 0 radical (unpaired) electrons. The number of nitrogens with one attached hydrogen (secondary N) is 1. The van der Waals surface area contributed by atoms with Crippen molar-refractivity contribution < 1.29 is 9.21 Å². The topological polar surface area (TPSA) is 77.1 Å². The fourth-order valence-corrected chi connectivity index (χ4v) is 3.96. The molecule has 0 unspecified atom stereocenters. The number of nitrogens with zero attached hydrogens (tertiary/aromatic N) is 2. The van der Waals surface area contributed by atoms with Crippen molar-refractivity contribution >= 4 is 39.2 Å². The first-order valence-corrected chi connectivity index (χ1v) is 9.95. The summed E-state index contributed by atoms with van der Waals surface area (Å²) in [6, 6.07) is 5.43. The summed E-state index contributed by atoms with van der Waals surface area (Å²) in [7, 11) is 0. The van der Waals surface area contributed by atoms with Gasteiger partial charge >= 0.3 is 0 Å². The number of hydrogen-bond acceptors (Lipinski definition) is 6. The van der Waals surface area contributed by atoms with E-state index in [0.717, 1.165) is 12.8 Å². The van der Waals surface area contributed by atoms with Gasteiger partial charge in [-0.1, -0.05) is 25.1 Å². The van der Waals surface area contributed by atoms with E-state index in [1.807, 2.05) is 17.5 Å². The van der Waals surface area contributed by atoms with Gasteiger partial charge in [0.2, 0.25) is 5.91 Å². The zero-order valence-corrected chi connectivity index (χ0v) is 15.5. The quantitative estimate of drug-likeness (QED) is 0.482. The third kappa shape index (κ3) is 4.32. The molecule has 25 heavy (non-hydrogen) atoms. The van der Waals surface area contributed by atoms with Gasteiger partial charge in [-0.15, -0.1) is 11.3 Å². The van der Waals surface area contributed by atoms with Crippen molar-refractivity contribution in [3.8, 4) is 0 Å². The molecule has 8 heteroatoms. The smallest absolute Gasteiger partial charge is 0.272 e. The second kappa shape index (κ2) is 8.35. The van der Waals surface area contributed by atoms with Crippen LogP contribution in [-0.2, 0) is 17.9 Å². The number of fused-ring (bicyclic) bond motifs is 1. The van der Waals surface area contributed by atoms with Crippen LogP contribution >= 0.6 is 23.1 Å². The van der Waals surface area contributed by atoms with Crippen molar-refractivity contribution in [1.29, 1.82) is 0 Å². The Bertz CT molecular complexity index is 900. The maximum atomic E-state index is 12.6. The number of carbonyl (C=O) groups excluding carboxylic acids is 1. The van der Waals surface area contributed by atoms with E-state index in [4.69, 9.17) is 4.42 Å². The minimum absolute atomic E-state index is 0.0213. The lowest BCUT2D eigenvalue weighted by atomic mass is 10.3. The predicted octanol–water partition coefficient (Wildman–Crippen LogP) is 3.26. The highest BCUT2D eigenvalue weighted by Gasteiger charge is 2.14. The molecular formula is C17H19N3O3S2. The van der Waals surface area contributed by atoms with E-state index in [2.05, 4.69) is 17.2 Å². The molecule has 0 spiro atoms. The van der Waals surface area contributed by atoms with Gasteiger partial charge in [-0.05, 0) is 30.0 Å². The minimum atomic E-state index is -0.122. The van der Waals surface area contributed by atoms with E-state index >= 15 is 0 Å². The van der Waals surface area contributed by atoms with E-state index in [0.29, 0.717) is 34.2 Å². The van der Waals surface area contributed by atoms with Gasteiger partial charge < -0.3 is 9.73 Å². The van der Waals surface area contributed by atoms with Crippen LogP contribution in [0.1, 0.15) is 25.5 Å². The van der Waals surface area contributed by atoms with Crippen molar-refractivity contribution in [2.75, 3.05) is 5.75 Å². The van der Waals surface area contributed by atoms with Gasteiger partial charge in [-0.3, -0.25) is 14.2 Å². The Morgan fingerprint density at radius 1 is 1.44 bits per heavy atom. The molecule has 0 fully saturated rings. The molecule has 0 aliphatic rings. The zero-order valence-electron chi connectivity index (χ0n) is 13.9. The summed E-state index contributed by atoms with van der Waals surface area (Å²) in [6.45, 7) is 3.05. The van der Waals surface area contributed by atoms with Gasteiger partial charge in [0, 0.05) is 6.54 Å². The Morgan fingerprint density at radius 3 is 3.08 bits per heavy atom. The van der Waals surface area contributed by atoms with Crippen LogP contribution in [0.4, 0.5) is 0 Å². The number of carbonyl (C=O) groups is 1. The molecule has 0 bridgehead atoms. The van der Waals surface area contributed by atoms with E-state index in [9.17, 15) is 9.59 Å². The highest BCUT2D eigenvalue weighted by Crippen LogP contribution is 2.21. The van der Waals surface area contributed by atoms with Crippen LogP contribution in [0, 0.1) is 0 Å². The van der Waals surface area contributed by atoms with Crippen LogP contribution in [0.25, 0.3) is 10.2 Å². The second-order valence-electron chi connectivity index (χ2n) is 5.48. The lowest BCUT2D eigenvalue weighted by molar-refractivity contribution is -0.118. The van der Waals surface area contributed by atoms with E-state index in [1.54, 1.807) is 16.9 Å². The average Bonchev–Trinajstić information content (AvgIpc) is 3.29. The molecule has 0 saturated heterocycles. The molecule has 0 aliphatic heterocycles. The summed E-state index contributed by atoms with van der Waals surface area (Å²) in [4.78, 5) is 29.3. The normalized spacial score (nSPS) is 11.1. The summed E-state index contributed by atoms with van der Waals surface area (Å²) in [5, 5.41) is 5.26. The van der Waals surface area contributed by atoms with E-state index in [-0.39, 0.29) is 17.2 Å². The first-order valence-electron chi connectivity index (χ1n) is 8.09. The fraction of sp³-hybridized carbons (Fsp3) is 0.353. The number of thiophene rings is 1. The van der Waals surface area contributed by atoms with E-state index in [1.165, 1.54) is 23.1 Å². The van der Waals surface area contributed by atoms with Gasteiger partial charge in [0.25, 0.3) is 5.56 Å². The summed E-state index contributed by atoms with van der Waals surface area (Å²) in [5.74, 6) is 0.786. The molecule has 0 saturated carbocycles. The van der Waals surface area contributed by atoms with Gasteiger partial charge in [0.05, 0.1) is 24.1 Å². The molecule has 0 atom stereocenters. The molecule has 3 aromatic rings. The molecule has 132 valence electrons. The van der Waals surface area contributed by atoms with Crippen LogP contribution in [0.15, 0.2) is 44.2 Å².